The molecule has 0 saturated heterocycles. The molecule has 0 saturated carbocycles. The predicted octanol–water partition coefficient (Wildman–Crippen LogP) is 2.53. The highest BCUT2D eigenvalue weighted by molar-refractivity contribution is 5.93. The van der Waals surface area contributed by atoms with Gasteiger partial charge in [-0.1, -0.05) is 30.3 Å². The van der Waals surface area contributed by atoms with Gasteiger partial charge < -0.3 is 9.30 Å². The minimum Gasteiger partial charge on any atom is -0.333 e. The van der Waals surface area contributed by atoms with Gasteiger partial charge in [0.2, 0.25) is 0 Å². The second kappa shape index (κ2) is 4.74. The molecule has 4 rings (SSSR count). The van der Waals surface area contributed by atoms with Crippen LogP contribution in [0.25, 0.3) is 5.65 Å². The molecule has 1 aliphatic heterocycles. The summed E-state index contributed by atoms with van der Waals surface area (Å²) in [5.41, 5.74) is 3.90. The molecule has 0 atom stereocenters. The first kappa shape index (κ1) is 12.1. The van der Waals surface area contributed by atoms with Gasteiger partial charge in [-0.3, -0.25) is 4.79 Å². The Morgan fingerprint density at radius 3 is 2.71 bits per heavy atom. The van der Waals surface area contributed by atoms with Gasteiger partial charge in [-0.25, -0.2) is 4.98 Å². The van der Waals surface area contributed by atoms with Gasteiger partial charge in [-0.2, -0.15) is 0 Å². The Balaban J connectivity index is 1.63. The monoisotopic (exact) mass is 277 g/mol. The zero-order chi connectivity index (χ0) is 14.2. The number of nitrogens with zero attached hydrogens (tertiary/aromatic N) is 3. The summed E-state index contributed by atoms with van der Waals surface area (Å²) in [6.45, 7) is 1.42. The van der Waals surface area contributed by atoms with Crippen LogP contribution in [-0.2, 0) is 13.0 Å². The number of carbonyl (C=O) groups is 1. The summed E-state index contributed by atoms with van der Waals surface area (Å²) in [5.74, 6) is 0.00760. The SMILES string of the molecule is O=C(c1cn2ccccc2n1)N1CCc2ccccc2C1. The van der Waals surface area contributed by atoms with Crippen LogP contribution in [0.5, 0.6) is 0 Å². The molecule has 0 aliphatic carbocycles. The lowest BCUT2D eigenvalue weighted by molar-refractivity contribution is 0.0729. The van der Waals surface area contributed by atoms with Crippen molar-refractivity contribution in [2.75, 3.05) is 6.54 Å². The Morgan fingerprint density at radius 2 is 1.86 bits per heavy atom. The second-order valence-corrected chi connectivity index (χ2v) is 5.34. The van der Waals surface area contributed by atoms with E-state index in [1.165, 1.54) is 11.1 Å². The lowest BCUT2D eigenvalue weighted by atomic mass is 10.00. The Bertz CT molecular complexity index is 789. The first-order chi connectivity index (χ1) is 10.3. The van der Waals surface area contributed by atoms with Gasteiger partial charge >= 0.3 is 0 Å². The highest BCUT2D eigenvalue weighted by Gasteiger charge is 2.23. The molecule has 1 aliphatic rings. The van der Waals surface area contributed by atoms with E-state index in [-0.39, 0.29) is 5.91 Å². The topological polar surface area (TPSA) is 37.6 Å². The molecule has 1 amide bonds. The van der Waals surface area contributed by atoms with Crippen LogP contribution in [0.15, 0.2) is 54.9 Å². The molecule has 104 valence electrons. The average Bonchev–Trinajstić information content (AvgIpc) is 2.97. The van der Waals surface area contributed by atoms with Gasteiger partial charge in [-0.15, -0.1) is 0 Å². The van der Waals surface area contributed by atoms with E-state index in [1.807, 2.05) is 39.8 Å². The summed E-state index contributed by atoms with van der Waals surface area (Å²) in [5, 5.41) is 0. The van der Waals surface area contributed by atoms with Crippen LogP contribution in [0.1, 0.15) is 21.6 Å². The average molecular weight is 277 g/mol. The smallest absolute Gasteiger partial charge is 0.274 e. The maximum Gasteiger partial charge on any atom is 0.274 e. The number of fused-ring (bicyclic) bond motifs is 2. The quantitative estimate of drug-likeness (QED) is 0.685. The standard InChI is InChI=1S/C17H15N3O/c21-17(15-12-19-9-4-3-7-16(19)18-15)20-10-8-13-5-1-2-6-14(13)11-20/h1-7,9,12H,8,10-11H2. The van der Waals surface area contributed by atoms with E-state index >= 15 is 0 Å². The largest absolute Gasteiger partial charge is 0.333 e. The Labute approximate surface area is 122 Å². The molecular formula is C17H15N3O. The van der Waals surface area contributed by atoms with E-state index in [2.05, 4.69) is 23.2 Å². The predicted molar refractivity (Wildman–Crippen MR) is 80.1 cm³/mol. The van der Waals surface area contributed by atoms with E-state index in [1.54, 1.807) is 6.20 Å². The van der Waals surface area contributed by atoms with Crippen molar-refractivity contribution in [3.63, 3.8) is 0 Å². The van der Waals surface area contributed by atoms with Crippen molar-refractivity contribution >= 4 is 11.6 Å². The first-order valence-corrected chi connectivity index (χ1v) is 7.11. The fraction of sp³-hybridized carbons (Fsp3) is 0.176. The van der Waals surface area contributed by atoms with Crippen molar-refractivity contribution < 1.29 is 4.79 Å². The summed E-state index contributed by atoms with van der Waals surface area (Å²) in [6, 6.07) is 14.1. The number of rotatable bonds is 1. The number of hydrogen-bond acceptors (Lipinski definition) is 2. The normalized spacial score (nSPS) is 14.2. The van der Waals surface area contributed by atoms with Crippen LogP contribution in [0.3, 0.4) is 0 Å². The van der Waals surface area contributed by atoms with Crippen LogP contribution in [0.4, 0.5) is 0 Å². The van der Waals surface area contributed by atoms with Crippen LogP contribution in [-0.4, -0.2) is 26.7 Å². The maximum atomic E-state index is 12.6. The molecule has 3 aromatic rings. The number of carbonyl (C=O) groups excluding carboxylic acids is 1. The van der Waals surface area contributed by atoms with E-state index in [0.717, 1.165) is 18.6 Å². The highest BCUT2D eigenvalue weighted by Crippen LogP contribution is 2.20. The van der Waals surface area contributed by atoms with Crippen molar-refractivity contribution in [2.24, 2.45) is 0 Å². The van der Waals surface area contributed by atoms with Crippen molar-refractivity contribution in [1.29, 1.82) is 0 Å². The molecule has 0 unspecified atom stereocenters. The first-order valence-electron chi connectivity index (χ1n) is 7.11. The number of aromatic nitrogens is 2. The number of pyridine rings is 1. The van der Waals surface area contributed by atoms with Crippen LogP contribution < -0.4 is 0 Å². The molecule has 0 radical (unpaired) electrons. The molecule has 2 aromatic heterocycles. The van der Waals surface area contributed by atoms with Gasteiger partial charge in [0.25, 0.3) is 5.91 Å². The van der Waals surface area contributed by atoms with Gasteiger partial charge in [0.1, 0.15) is 11.3 Å². The molecule has 1 aromatic carbocycles. The van der Waals surface area contributed by atoms with Gasteiger partial charge in [0.05, 0.1) is 0 Å². The minimum absolute atomic E-state index is 0.00760. The van der Waals surface area contributed by atoms with E-state index in [0.29, 0.717) is 12.2 Å². The van der Waals surface area contributed by atoms with Crippen LogP contribution >= 0.6 is 0 Å². The Morgan fingerprint density at radius 1 is 1.05 bits per heavy atom. The Kier molecular flexibility index (Phi) is 2.74. The third-order valence-corrected chi connectivity index (χ3v) is 4.00. The molecule has 21 heavy (non-hydrogen) atoms. The van der Waals surface area contributed by atoms with Crippen molar-refractivity contribution in [3.8, 4) is 0 Å². The lowest BCUT2D eigenvalue weighted by Crippen LogP contribution is -2.36. The van der Waals surface area contributed by atoms with Gasteiger partial charge in [0.15, 0.2) is 0 Å². The number of amides is 1. The van der Waals surface area contributed by atoms with E-state index in [9.17, 15) is 4.79 Å². The van der Waals surface area contributed by atoms with Gasteiger partial charge in [-0.05, 0) is 29.7 Å². The van der Waals surface area contributed by atoms with Crippen LogP contribution in [0.2, 0.25) is 0 Å². The summed E-state index contributed by atoms with van der Waals surface area (Å²) >= 11 is 0. The highest BCUT2D eigenvalue weighted by atomic mass is 16.2. The summed E-state index contributed by atoms with van der Waals surface area (Å²) in [4.78, 5) is 18.9. The van der Waals surface area contributed by atoms with Gasteiger partial charge in [0, 0.05) is 25.5 Å². The molecule has 0 fully saturated rings. The summed E-state index contributed by atoms with van der Waals surface area (Å²) < 4.78 is 1.88. The molecule has 0 spiro atoms. The zero-order valence-electron chi connectivity index (χ0n) is 11.6. The molecule has 4 nitrogen and oxygen atoms in total. The van der Waals surface area contributed by atoms with Crippen LogP contribution in [0, 0.1) is 0 Å². The third-order valence-electron chi connectivity index (χ3n) is 4.00. The zero-order valence-corrected chi connectivity index (χ0v) is 11.6. The maximum absolute atomic E-state index is 12.6. The van der Waals surface area contributed by atoms with Crippen molar-refractivity contribution in [1.82, 2.24) is 14.3 Å². The molecule has 0 bridgehead atoms. The Hall–Kier alpha value is -2.62. The van der Waals surface area contributed by atoms with Crippen molar-refractivity contribution in [2.45, 2.75) is 13.0 Å². The number of hydrogen-bond donors (Lipinski definition) is 0. The lowest BCUT2D eigenvalue weighted by Gasteiger charge is -2.28. The second-order valence-electron chi connectivity index (χ2n) is 5.34. The fourth-order valence-electron chi connectivity index (χ4n) is 2.87. The molecule has 4 heteroatoms. The van der Waals surface area contributed by atoms with Crippen molar-refractivity contribution in [3.05, 3.63) is 71.7 Å². The third kappa shape index (κ3) is 2.09. The fourth-order valence-corrected chi connectivity index (χ4v) is 2.87. The van der Waals surface area contributed by atoms with E-state index < -0.39 is 0 Å². The summed E-state index contributed by atoms with van der Waals surface area (Å²) in [7, 11) is 0. The number of imidazole rings is 1. The molecular weight excluding hydrogens is 262 g/mol. The summed E-state index contributed by atoms with van der Waals surface area (Å²) in [6.07, 6.45) is 4.62. The molecule has 0 N–H and O–H groups in total. The van der Waals surface area contributed by atoms with E-state index in [4.69, 9.17) is 0 Å². The molecule has 3 heterocycles. The number of benzene rings is 1. The minimum atomic E-state index is 0.00760.